The van der Waals surface area contributed by atoms with E-state index in [2.05, 4.69) is 9.97 Å². The Labute approximate surface area is 72.0 Å². The molecule has 1 aliphatic rings. The minimum Gasteiger partial charge on any atom is -0.325 e. The Morgan fingerprint density at radius 2 is 2.00 bits per heavy atom. The summed E-state index contributed by atoms with van der Waals surface area (Å²) in [6, 6.07) is 0. The molecule has 1 fully saturated rings. The van der Waals surface area contributed by atoms with Crippen LogP contribution in [0.4, 0.5) is 0 Å². The van der Waals surface area contributed by atoms with Gasteiger partial charge in [0.2, 0.25) is 0 Å². The van der Waals surface area contributed by atoms with Crippen LogP contribution in [0.3, 0.4) is 0 Å². The number of hydrogen-bond donors (Lipinski definition) is 1. The van der Waals surface area contributed by atoms with Gasteiger partial charge in [0, 0.05) is 17.9 Å². The number of rotatable bonds is 3. The van der Waals surface area contributed by atoms with E-state index in [-0.39, 0.29) is 5.54 Å². The summed E-state index contributed by atoms with van der Waals surface area (Å²) in [5.74, 6) is 0. The SMILES string of the molecule is NC1(CCc2cncnc2)CC1. The summed E-state index contributed by atoms with van der Waals surface area (Å²) in [6.45, 7) is 0. The summed E-state index contributed by atoms with van der Waals surface area (Å²) in [5.41, 5.74) is 7.29. The first-order valence-corrected chi connectivity index (χ1v) is 4.31. The zero-order chi connectivity index (χ0) is 8.44. The van der Waals surface area contributed by atoms with Crippen LogP contribution in [-0.4, -0.2) is 15.5 Å². The molecule has 3 nitrogen and oxygen atoms in total. The van der Waals surface area contributed by atoms with Crippen LogP contribution < -0.4 is 5.73 Å². The lowest BCUT2D eigenvalue weighted by atomic mass is 10.1. The molecule has 0 radical (unpaired) electrons. The predicted molar refractivity (Wildman–Crippen MR) is 46.5 cm³/mol. The van der Waals surface area contributed by atoms with Crippen molar-refractivity contribution in [2.75, 3.05) is 0 Å². The van der Waals surface area contributed by atoms with Crippen LogP contribution in [0, 0.1) is 0 Å². The van der Waals surface area contributed by atoms with Crippen LogP contribution in [-0.2, 0) is 6.42 Å². The summed E-state index contributed by atoms with van der Waals surface area (Å²) in [7, 11) is 0. The second kappa shape index (κ2) is 2.83. The zero-order valence-electron chi connectivity index (χ0n) is 7.03. The van der Waals surface area contributed by atoms with Crippen molar-refractivity contribution in [1.82, 2.24) is 9.97 Å². The van der Waals surface area contributed by atoms with Crippen LogP contribution in [0.15, 0.2) is 18.7 Å². The van der Waals surface area contributed by atoms with Crippen LogP contribution in [0.5, 0.6) is 0 Å². The van der Waals surface area contributed by atoms with Gasteiger partial charge < -0.3 is 5.73 Å². The van der Waals surface area contributed by atoms with Gasteiger partial charge in [-0.05, 0) is 31.2 Å². The van der Waals surface area contributed by atoms with Crippen molar-refractivity contribution in [3.63, 3.8) is 0 Å². The summed E-state index contributed by atoms with van der Waals surface area (Å²) < 4.78 is 0. The van der Waals surface area contributed by atoms with E-state index >= 15 is 0 Å². The molecule has 0 amide bonds. The zero-order valence-corrected chi connectivity index (χ0v) is 7.03. The van der Waals surface area contributed by atoms with Crippen molar-refractivity contribution in [1.29, 1.82) is 0 Å². The minimum atomic E-state index is 0.149. The van der Waals surface area contributed by atoms with E-state index < -0.39 is 0 Å². The average molecular weight is 163 g/mol. The van der Waals surface area contributed by atoms with E-state index in [1.54, 1.807) is 6.33 Å². The Hall–Kier alpha value is -0.960. The molecular formula is C9H13N3. The summed E-state index contributed by atoms with van der Waals surface area (Å²) in [6.07, 6.45) is 9.72. The summed E-state index contributed by atoms with van der Waals surface area (Å²) >= 11 is 0. The summed E-state index contributed by atoms with van der Waals surface area (Å²) in [5, 5.41) is 0. The number of nitrogens with two attached hydrogens (primary N) is 1. The van der Waals surface area contributed by atoms with Crippen molar-refractivity contribution in [3.05, 3.63) is 24.3 Å². The van der Waals surface area contributed by atoms with E-state index in [1.807, 2.05) is 12.4 Å². The standard InChI is InChI=1S/C9H13N3/c10-9(3-4-9)2-1-8-5-11-7-12-6-8/h5-7H,1-4,10H2. The highest BCUT2D eigenvalue weighted by Crippen LogP contribution is 2.36. The minimum absolute atomic E-state index is 0.149. The highest BCUT2D eigenvalue weighted by Gasteiger charge is 2.37. The highest BCUT2D eigenvalue weighted by atomic mass is 14.8. The molecule has 3 heteroatoms. The van der Waals surface area contributed by atoms with Crippen molar-refractivity contribution >= 4 is 0 Å². The molecule has 64 valence electrons. The Morgan fingerprint density at radius 3 is 2.58 bits per heavy atom. The van der Waals surface area contributed by atoms with Crippen LogP contribution >= 0.6 is 0 Å². The smallest absolute Gasteiger partial charge is 0.115 e. The van der Waals surface area contributed by atoms with Gasteiger partial charge in [0.1, 0.15) is 6.33 Å². The van der Waals surface area contributed by atoms with Gasteiger partial charge in [-0.3, -0.25) is 0 Å². The first-order valence-electron chi connectivity index (χ1n) is 4.31. The number of aromatic nitrogens is 2. The molecule has 12 heavy (non-hydrogen) atoms. The van der Waals surface area contributed by atoms with Gasteiger partial charge in [-0.2, -0.15) is 0 Å². The molecule has 1 aliphatic carbocycles. The summed E-state index contributed by atoms with van der Waals surface area (Å²) in [4.78, 5) is 7.91. The Balaban J connectivity index is 1.88. The van der Waals surface area contributed by atoms with Gasteiger partial charge in [-0.1, -0.05) is 0 Å². The lowest BCUT2D eigenvalue weighted by molar-refractivity contribution is 0.607. The quantitative estimate of drug-likeness (QED) is 0.720. The van der Waals surface area contributed by atoms with E-state index in [0.717, 1.165) is 12.8 Å². The second-order valence-corrected chi connectivity index (χ2v) is 3.61. The normalized spacial score (nSPS) is 19.1. The van der Waals surface area contributed by atoms with Gasteiger partial charge in [-0.25, -0.2) is 9.97 Å². The van der Waals surface area contributed by atoms with Gasteiger partial charge in [0.05, 0.1) is 0 Å². The molecule has 1 aromatic rings. The van der Waals surface area contributed by atoms with E-state index in [9.17, 15) is 0 Å². The van der Waals surface area contributed by atoms with Crippen molar-refractivity contribution in [2.45, 2.75) is 31.2 Å². The molecule has 0 aliphatic heterocycles. The lowest BCUT2D eigenvalue weighted by Gasteiger charge is -2.06. The molecule has 0 unspecified atom stereocenters. The van der Waals surface area contributed by atoms with Crippen molar-refractivity contribution in [3.8, 4) is 0 Å². The highest BCUT2D eigenvalue weighted by molar-refractivity contribution is 5.07. The van der Waals surface area contributed by atoms with Gasteiger partial charge in [0.25, 0.3) is 0 Å². The Morgan fingerprint density at radius 1 is 1.33 bits per heavy atom. The van der Waals surface area contributed by atoms with Crippen molar-refractivity contribution < 1.29 is 0 Å². The third-order valence-corrected chi connectivity index (χ3v) is 2.42. The van der Waals surface area contributed by atoms with E-state index in [4.69, 9.17) is 5.73 Å². The first kappa shape index (κ1) is 7.68. The van der Waals surface area contributed by atoms with Gasteiger partial charge in [-0.15, -0.1) is 0 Å². The fourth-order valence-corrected chi connectivity index (χ4v) is 1.26. The molecule has 0 spiro atoms. The first-order chi connectivity index (χ1) is 5.79. The molecule has 2 rings (SSSR count). The third kappa shape index (κ3) is 1.80. The second-order valence-electron chi connectivity index (χ2n) is 3.61. The molecule has 1 saturated carbocycles. The Kier molecular flexibility index (Phi) is 1.81. The average Bonchev–Trinajstić information content (AvgIpc) is 2.84. The Bertz CT molecular complexity index is 254. The largest absolute Gasteiger partial charge is 0.325 e. The number of hydrogen-bond acceptors (Lipinski definition) is 3. The molecule has 0 saturated heterocycles. The molecule has 1 aromatic heterocycles. The fraction of sp³-hybridized carbons (Fsp3) is 0.556. The monoisotopic (exact) mass is 163 g/mol. The van der Waals surface area contributed by atoms with Crippen molar-refractivity contribution in [2.24, 2.45) is 5.73 Å². The number of aryl methyl sites for hydroxylation is 1. The topological polar surface area (TPSA) is 51.8 Å². The van der Waals surface area contributed by atoms with Crippen LogP contribution in [0.2, 0.25) is 0 Å². The van der Waals surface area contributed by atoms with Gasteiger partial charge in [0.15, 0.2) is 0 Å². The maximum Gasteiger partial charge on any atom is 0.115 e. The molecule has 0 aromatic carbocycles. The lowest BCUT2D eigenvalue weighted by Crippen LogP contribution is -2.22. The molecule has 2 N–H and O–H groups in total. The third-order valence-electron chi connectivity index (χ3n) is 2.42. The maximum absolute atomic E-state index is 5.95. The van der Waals surface area contributed by atoms with E-state index in [1.165, 1.54) is 18.4 Å². The molecular weight excluding hydrogens is 150 g/mol. The molecule has 1 heterocycles. The predicted octanol–water partition coefficient (Wildman–Crippen LogP) is 0.900. The van der Waals surface area contributed by atoms with E-state index in [0.29, 0.717) is 0 Å². The molecule has 0 bridgehead atoms. The number of nitrogens with zero attached hydrogens (tertiary/aromatic N) is 2. The van der Waals surface area contributed by atoms with Gasteiger partial charge >= 0.3 is 0 Å². The van der Waals surface area contributed by atoms with Crippen LogP contribution in [0.1, 0.15) is 24.8 Å². The fourth-order valence-electron chi connectivity index (χ4n) is 1.26. The molecule has 0 atom stereocenters. The van der Waals surface area contributed by atoms with Crippen LogP contribution in [0.25, 0.3) is 0 Å². The maximum atomic E-state index is 5.95.